The van der Waals surface area contributed by atoms with Crippen LogP contribution in [0.3, 0.4) is 0 Å². The van der Waals surface area contributed by atoms with E-state index >= 15 is 0 Å². The molecule has 0 bridgehead atoms. The Morgan fingerprint density at radius 1 is 1.22 bits per heavy atom. The summed E-state index contributed by atoms with van der Waals surface area (Å²) in [6.45, 7) is 2.12. The molecule has 0 unspecified atom stereocenters. The number of amides is 1. The summed E-state index contributed by atoms with van der Waals surface area (Å²) in [4.78, 5) is 16.7. The van der Waals surface area contributed by atoms with Crippen LogP contribution in [0.4, 0.5) is 11.4 Å². The number of carbonyl (C=O) groups excluding carboxylic acids is 1. The first-order valence-corrected chi connectivity index (χ1v) is 9.52. The van der Waals surface area contributed by atoms with Gasteiger partial charge < -0.3 is 5.32 Å². The van der Waals surface area contributed by atoms with Gasteiger partial charge in [0, 0.05) is 11.4 Å². The summed E-state index contributed by atoms with van der Waals surface area (Å²) in [6.07, 6.45) is 1.00. The van der Waals surface area contributed by atoms with Gasteiger partial charge in [0.25, 0.3) is 0 Å². The summed E-state index contributed by atoms with van der Waals surface area (Å²) in [7, 11) is 0. The normalized spacial score (nSPS) is 13.2. The molecule has 0 saturated heterocycles. The van der Waals surface area contributed by atoms with Gasteiger partial charge in [-0.2, -0.15) is 0 Å². The minimum atomic E-state index is 0.00130. The van der Waals surface area contributed by atoms with Crippen LogP contribution < -0.4 is 5.32 Å². The summed E-state index contributed by atoms with van der Waals surface area (Å²) in [5, 5.41) is 2.93. The number of aryl methyl sites for hydroxylation is 1. The van der Waals surface area contributed by atoms with Gasteiger partial charge in [-0.1, -0.05) is 60.8 Å². The Hall–Kier alpha value is -1.72. The van der Waals surface area contributed by atoms with Gasteiger partial charge in [0.2, 0.25) is 5.91 Å². The van der Waals surface area contributed by atoms with Crippen molar-refractivity contribution in [3.63, 3.8) is 0 Å². The number of hydrogen-bond acceptors (Lipinski definition) is 4. The number of hydrogen-bond donors (Lipinski definition) is 1. The minimum Gasteiger partial charge on any atom is -0.325 e. The van der Waals surface area contributed by atoms with Crippen molar-refractivity contribution in [1.29, 1.82) is 0 Å². The molecule has 2 aromatic carbocycles. The molecule has 0 saturated carbocycles. The van der Waals surface area contributed by atoms with E-state index in [1.54, 1.807) is 11.8 Å². The topological polar surface area (TPSA) is 41.5 Å². The molecule has 0 spiro atoms. The maximum absolute atomic E-state index is 12.1. The van der Waals surface area contributed by atoms with E-state index in [0.29, 0.717) is 5.75 Å². The van der Waals surface area contributed by atoms with Crippen molar-refractivity contribution in [1.82, 2.24) is 0 Å². The van der Waals surface area contributed by atoms with Crippen LogP contribution >= 0.6 is 23.5 Å². The zero-order valence-corrected chi connectivity index (χ0v) is 14.5. The first-order chi connectivity index (χ1) is 11.2. The maximum atomic E-state index is 12.1. The third kappa shape index (κ3) is 4.39. The number of para-hydroxylation sites is 1. The number of thioether (sulfide) groups is 2. The van der Waals surface area contributed by atoms with Crippen molar-refractivity contribution in [2.45, 2.75) is 19.1 Å². The van der Waals surface area contributed by atoms with E-state index in [2.05, 4.69) is 23.3 Å². The van der Waals surface area contributed by atoms with Gasteiger partial charge in [-0.05, 0) is 35.7 Å². The fraction of sp³-hybridized carbons (Fsp3) is 0.222. The summed E-state index contributed by atoms with van der Waals surface area (Å²) in [5.41, 5.74) is 4.38. The Morgan fingerprint density at radius 3 is 2.78 bits per heavy atom. The number of anilines is 1. The Labute approximate surface area is 145 Å². The number of carbonyl (C=O) groups is 1. The lowest BCUT2D eigenvalue weighted by Gasteiger charge is -2.14. The highest BCUT2D eigenvalue weighted by atomic mass is 32.2. The SMILES string of the molecule is CCc1ccc(NC(=O)CSC2=Nc3ccccc3CS2)cc1. The van der Waals surface area contributed by atoms with Crippen molar-refractivity contribution in [3.05, 3.63) is 59.7 Å². The van der Waals surface area contributed by atoms with Crippen LogP contribution in [0, 0.1) is 0 Å². The van der Waals surface area contributed by atoms with Gasteiger partial charge in [0.05, 0.1) is 11.4 Å². The molecule has 2 aromatic rings. The number of rotatable bonds is 4. The van der Waals surface area contributed by atoms with Crippen LogP contribution in [0.5, 0.6) is 0 Å². The Bertz CT molecular complexity index is 726. The van der Waals surface area contributed by atoms with E-state index < -0.39 is 0 Å². The molecule has 1 aliphatic rings. The van der Waals surface area contributed by atoms with Crippen LogP contribution in [-0.4, -0.2) is 16.0 Å². The monoisotopic (exact) mass is 342 g/mol. The predicted molar refractivity (Wildman–Crippen MR) is 102 cm³/mol. The van der Waals surface area contributed by atoms with Gasteiger partial charge in [0.1, 0.15) is 4.38 Å². The number of fused-ring (bicyclic) bond motifs is 1. The fourth-order valence-corrected chi connectivity index (χ4v) is 4.10. The molecule has 1 heterocycles. The van der Waals surface area contributed by atoms with Crippen LogP contribution in [0.1, 0.15) is 18.1 Å². The zero-order chi connectivity index (χ0) is 16.1. The first kappa shape index (κ1) is 16.1. The lowest BCUT2D eigenvalue weighted by atomic mass is 10.1. The van der Waals surface area contributed by atoms with E-state index in [-0.39, 0.29) is 5.91 Å². The van der Waals surface area contributed by atoms with Crippen LogP contribution in [-0.2, 0) is 17.0 Å². The van der Waals surface area contributed by atoms with E-state index in [1.807, 2.05) is 42.5 Å². The van der Waals surface area contributed by atoms with Gasteiger partial charge in [-0.25, -0.2) is 4.99 Å². The van der Waals surface area contributed by atoms with Crippen molar-refractivity contribution in [2.24, 2.45) is 4.99 Å². The van der Waals surface area contributed by atoms with Gasteiger partial charge in [-0.15, -0.1) is 0 Å². The Morgan fingerprint density at radius 2 is 2.00 bits per heavy atom. The van der Waals surface area contributed by atoms with E-state index in [0.717, 1.165) is 27.9 Å². The lowest BCUT2D eigenvalue weighted by molar-refractivity contribution is -0.113. The molecule has 1 N–H and O–H groups in total. The predicted octanol–water partition coefficient (Wildman–Crippen LogP) is 4.86. The third-order valence-electron chi connectivity index (χ3n) is 3.53. The molecule has 1 amide bonds. The van der Waals surface area contributed by atoms with Crippen molar-refractivity contribution in [3.8, 4) is 0 Å². The quantitative estimate of drug-likeness (QED) is 0.863. The van der Waals surface area contributed by atoms with Crippen molar-refractivity contribution in [2.75, 3.05) is 11.1 Å². The Kier molecular flexibility index (Phi) is 5.41. The smallest absolute Gasteiger partial charge is 0.234 e. The average molecular weight is 342 g/mol. The van der Waals surface area contributed by atoms with E-state index in [1.165, 1.54) is 22.9 Å². The summed E-state index contributed by atoms with van der Waals surface area (Å²) >= 11 is 3.19. The molecular formula is C18H18N2OS2. The molecule has 23 heavy (non-hydrogen) atoms. The van der Waals surface area contributed by atoms with Gasteiger partial charge in [-0.3, -0.25) is 4.79 Å². The minimum absolute atomic E-state index is 0.00130. The van der Waals surface area contributed by atoms with Crippen molar-refractivity contribution >= 4 is 45.2 Å². The number of nitrogens with one attached hydrogen (secondary N) is 1. The molecule has 5 heteroatoms. The van der Waals surface area contributed by atoms with Gasteiger partial charge >= 0.3 is 0 Å². The van der Waals surface area contributed by atoms with E-state index in [4.69, 9.17) is 0 Å². The molecular weight excluding hydrogens is 324 g/mol. The highest BCUT2D eigenvalue weighted by molar-refractivity contribution is 8.38. The average Bonchev–Trinajstić information content (AvgIpc) is 2.60. The molecule has 3 nitrogen and oxygen atoms in total. The standard InChI is InChI=1S/C18H18N2OS2/c1-2-13-7-9-15(10-8-13)19-17(21)12-23-18-20-16-6-4-3-5-14(16)11-22-18/h3-10H,2,11-12H2,1H3,(H,19,21). The van der Waals surface area contributed by atoms with E-state index in [9.17, 15) is 4.79 Å². The molecule has 0 atom stereocenters. The van der Waals surface area contributed by atoms with Gasteiger partial charge in [0.15, 0.2) is 0 Å². The highest BCUT2D eigenvalue weighted by Gasteiger charge is 2.14. The second kappa shape index (κ2) is 7.70. The molecule has 118 valence electrons. The Balaban J connectivity index is 1.54. The van der Waals surface area contributed by atoms with Crippen LogP contribution in [0.15, 0.2) is 53.5 Å². The maximum Gasteiger partial charge on any atom is 0.234 e. The third-order valence-corrected chi connectivity index (χ3v) is 5.77. The number of benzene rings is 2. The first-order valence-electron chi connectivity index (χ1n) is 7.55. The molecule has 0 fully saturated rings. The van der Waals surface area contributed by atoms with Crippen LogP contribution in [0.2, 0.25) is 0 Å². The highest BCUT2D eigenvalue weighted by Crippen LogP contribution is 2.34. The number of aliphatic imine (C=N–C) groups is 1. The molecule has 1 aliphatic heterocycles. The lowest BCUT2D eigenvalue weighted by Crippen LogP contribution is -2.15. The second-order valence-corrected chi connectivity index (χ2v) is 7.37. The molecule has 0 radical (unpaired) electrons. The number of nitrogens with zero attached hydrogens (tertiary/aromatic N) is 1. The molecule has 3 rings (SSSR count). The molecule has 0 aromatic heterocycles. The largest absolute Gasteiger partial charge is 0.325 e. The van der Waals surface area contributed by atoms with Crippen LogP contribution in [0.25, 0.3) is 0 Å². The fourth-order valence-electron chi connectivity index (χ4n) is 2.23. The molecule has 0 aliphatic carbocycles. The summed E-state index contributed by atoms with van der Waals surface area (Å²) in [5.74, 6) is 1.30. The zero-order valence-electron chi connectivity index (χ0n) is 12.9. The van der Waals surface area contributed by atoms with Crippen molar-refractivity contribution < 1.29 is 4.79 Å². The second-order valence-electron chi connectivity index (χ2n) is 5.18. The summed E-state index contributed by atoms with van der Waals surface area (Å²) < 4.78 is 0.959. The summed E-state index contributed by atoms with van der Waals surface area (Å²) in [6, 6.07) is 16.1.